The molecule has 3 aromatic rings. The number of imidazole rings is 1. The minimum atomic E-state index is -0.222. The molecule has 0 bridgehead atoms. The van der Waals surface area contributed by atoms with E-state index < -0.39 is 0 Å². The van der Waals surface area contributed by atoms with E-state index in [1.807, 2.05) is 20.8 Å². The second-order valence-electron chi connectivity index (χ2n) is 9.39. The Bertz CT molecular complexity index is 1080. The maximum Gasteiger partial charge on any atom is 0.313 e. The number of ether oxygens (including phenoxy) is 2. The number of benzene rings is 2. The number of carbonyl (C=O) groups excluding carboxylic acids is 1. The van der Waals surface area contributed by atoms with Crippen LogP contribution in [0.25, 0.3) is 11.0 Å². The first kappa shape index (κ1) is 25.4. The van der Waals surface area contributed by atoms with Crippen LogP contribution in [0.1, 0.15) is 62.4 Å². The van der Waals surface area contributed by atoms with Gasteiger partial charge in [0.2, 0.25) is 0 Å². The molecule has 0 spiro atoms. The predicted octanol–water partition coefficient (Wildman–Crippen LogP) is 5.16. The monoisotopic (exact) mass is 477 g/mol. The Labute approximate surface area is 209 Å². The van der Waals surface area contributed by atoms with Gasteiger partial charge in [0, 0.05) is 25.6 Å². The largest absolute Gasteiger partial charge is 0.466 e. The van der Waals surface area contributed by atoms with Gasteiger partial charge in [-0.2, -0.15) is 0 Å². The Morgan fingerprint density at radius 3 is 2.49 bits per heavy atom. The normalized spacial score (nSPS) is 16.0. The number of piperidine rings is 1. The van der Waals surface area contributed by atoms with Crippen molar-refractivity contribution in [3.05, 3.63) is 65.5 Å². The van der Waals surface area contributed by atoms with Gasteiger partial charge in [0.1, 0.15) is 5.82 Å². The van der Waals surface area contributed by atoms with E-state index in [-0.39, 0.29) is 11.9 Å². The smallest absolute Gasteiger partial charge is 0.313 e. The van der Waals surface area contributed by atoms with Crippen molar-refractivity contribution in [2.45, 2.75) is 58.4 Å². The second-order valence-corrected chi connectivity index (χ2v) is 9.39. The first-order valence-electron chi connectivity index (χ1n) is 13.1. The third kappa shape index (κ3) is 6.30. The summed E-state index contributed by atoms with van der Waals surface area (Å²) < 4.78 is 13.2. The number of hydrogen-bond acceptors (Lipinski definition) is 5. The quantitative estimate of drug-likeness (QED) is 0.282. The fourth-order valence-electron chi connectivity index (χ4n) is 5.02. The molecule has 1 atom stereocenters. The molecule has 6 heteroatoms. The van der Waals surface area contributed by atoms with Crippen molar-refractivity contribution in [1.29, 1.82) is 0 Å². The second kappa shape index (κ2) is 12.3. The van der Waals surface area contributed by atoms with Gasteiger partial charge < -0.3 is 18.9 Å². The van der Waals surface area contributed by atoms with Gasteiger partial charge in [-0.05, 0) is 76.4 Å². The van der Waals surface area contributed by atoms with Crippen molar-refractivity contribution >= 4 is 17.0 Å². The lowest BCUT2D eigenvalue weighted by Gasteiger charge is -2.32. The van der Waals surface area contributed by atoms with E-state index >= 15 is 0 Å². The maximum absolute atomic E-state index is 12.0. The highest BCUT2D eigenvalue weighted by molar-refractivity contribution is 5.77. The molecule has 0 radical (unpaired) electrons. The molecule has 0 N–H and O–H groups in total. The van der Waals surface area contributed by atoms with Gasteiger partial charge in [-0.1, -0.05) is 36.4 Å². The molecule has 1 aliphatic heterocycles. The minimum absolute atomic E-state index is 0.158. The Kier molecular flexibility index (Phi) is 8.94. The van der Waals surface area contributed by atoms with E-state index in [9.17, 15) is 4.79 Å². The van der Waals surface area contributed by atoms with Crippen molar-refractivity contribution in [2.75, 3.05) is 39.5 Å². The van der Waals surface area contributed by atoms with Crippen LogP contribution in [0, 0.1) is 0 Å². The molecule has 1 saturated heterocycles. The van der Waals surface area contributed by atoms with Crippen LogP contribution in [0.2, 0.25) is 0 Å². The summed E-state index contributed by atoms with van der Waals surface area (Å²) in [5.41, 5.74) is 4.62. The molecule has 0 saturated carbocycles. The fourth-order valence-corrected chi connectivity index (χ4v) is 5.02. The van der Waals surface area contributed by atoms with Crippen molar-refractivity contribution in [2.24, 2.45) is 0 Å². The molecule has 2 heterocycles. The predicted molar refractivity (Wildman–Crippen MR) is 140 cm³/mol. The molecule has 1 aromatic heterocycles. The molecular weight excluding hydrogens is 438 g/mol. The van der Waals surface area contributed by atoms with Crippen LogP contribution in [0.5, 0.6) is 0 Å². The van der Waals surface area contributed by atoms with E-state index in [0.717, 1.165) is 69.7 Å². The lowest BCUT2D eigenvalue weighted by atomic mass is 9.95. The molecule has 6 nitrogen and oxygen atoms in total. The highest BCUT2D eigenvalue weighted by atomic mass is 16.5. The van der Waals surface area contributed by atoms with Crippen LogP contribution in [0.15, 0.2) is 48.5 Å². The molecule has 1 fully saturated rings. The van der Waals surface area contributed by atoms with Gasteiger partial charge in [-0.25, -0.2) is 4.98 Å². The summed E-state index contributed by atoms with van der Waals surface area (Å²) in [5.74, 6) is 1.33. The first-order valence-corrected chi connectivity index (χ1v) is 13.1. The summed E-state index contributed by atoms with van der Waals surface area (Å²) in [6.07, 6.45) is 3.29. The zero-order valence-electron chi connectivity index (χ0n) is 21.4. The number of rotatable bonds is 11. The zero-order chi connectivity index (χ0) is 24.6. The summed E-state index contributed by atoms with van der Waals surface area (Å²) in [4.78, 5) is 19.6. The molecule has 1 unspecified atom stereocenters. The number of nitrogens with zero attached hydrogens (tertiary/aromatic N) is 3. The van der Waals surface area contributed by atoms with E-state index in [1.165, 1.54) is 16.9 Å². The van der Waals surface area contributed by atoms with Gasteiger partial charge in [-0.15, -0.1) is 0 Å². The van der Waals surface area contributed by atoms with Crippen LogP contribution in [-0.2, 0) is 27.2 Å². The molecule has 4 rings (SSSR count). The van der Waals surface area contributed by atoms with Crippen LogP contribution < -0.4 is 0 Å². The number of fused-ring (bicyclic) bond motifs is 1. The van der Waals surface area contributed by atoms with Crippen LogP contribution in [-0.4, -0.2) is 59.9 Å². The third-order valence-electron chi connectivity index (χ3n) is 7.14. The summed E-state index contributed by atoms with van der Waals surface area (Å²) >= 11 is 0. The van der Waals surface area contributed by atoms with E-state index in [1.54, 1.807) is 0 Å². The van der Waals surface area contributed by atoms with Gasteiger partial charge in [0.05, 0.1) is 30.2 Å². The number of likely N-dealkylation sites (tertiary alicyclic amines) is 1. The SMILES string of the molecule is CCOCCn1c(C2CCN(CCc3ccc(C(C)C(=O)OCC)cc3)CC2)nc2ccccc21. The first-order chi connectivity index (χ1) is 17.1. The summed E-state index contributed by atoms with van der Waals surface area (Å²) in [6, 6.07) is 16.9. The van der Waals surface area contributed by atoms with Crippen molar-refractivity contribution in [3.63, 3.8) is 0 Å². The lowest BCUT2D eigenvalue weighted by Crippen LogP contribution is -2.35. The van der Waals surface area contributed by atoms with E-state index in [4.69, 9.17) is 14.5 Å². The molecule has 35 heavy (non-hydrogen) atoms. The summed E-state index contributed by atoms with van der Waals surface area (Å²) in [6.45, 7) is 11.8. The maximum atomic E-state index is 12.0. The Morgan fingerprint density at radius 1 is 1.03 bits per heavy atom. The number of hydrogen-bond donors (Lipinski definition) is 0. The highest BCUT2D eigenvalue weighted by Crippen LogP contribution is 2.30. The molecule has 2 aromatic carbocycles. The standard InChI is InChI=1S/C29H39N3O3/c1-4-34-21-20-32-27-9-7-6-8-26(27)30-28(32)25-15-18-31(19-16-25)17-14-23-10-12-24(13-11-23)22(3)29(33)35-5-2/h6-13,22,25H,4-5,14-21H2,1-3H3. The summed E-state index contributed by atoms with van der Waals surface area (Å²) in [5, 5.41) is 0. The fraction of sp³-hybridized carbons (Fsp3) is 0.517. The number of aromatic nitrogens is 2. The average molecular weight is 478 g/mol. The Morgan fingerprint density at radius 2 is 1.77 bits per heavy atom. The number of para-hydroxylation sites is 2. The van der Waals surface area contributed by atoms with Crippen molar-refractivity contribution in [1.82, 2.24) is 14.5 Å². The lowest BCUT2D eigenvalue weighted by molar-refractivity contribution is -0.144. The average Bonchev–Trinajstić information content (AvgIpc) is 3.26. The topological polar surface area (TPSA) is 56.6 Å². The van der Waals surface area contributed by atoms with Crippen molar-refractivity contribution < 1.29 is 14.3 Å². The molecule has 188 valence electrons. The van der Waals surface area contributed by atoms with Crippen LogP contribution >= 0.6 is 0 Å². The number of esters is 1. The van der Waals surface area contributed by atoms with E-state index in [2.05, 4.69) is 58.0 Å². The Hall–Kier alpha value is -2.70. The molecular formula is C29H39N3O3. The van der Waals surface area contributed by atoms with Gasteiger partial charge in [-0.3, -0.25) is 4.79 Å². The van der Waals surface area contributed by atoms with Crippen LogP contribution in [0.3, 0.4) is 0 Å². The van der Waals surface area contributed by atoms with Crippen LogP contribution in [0.4, 0.5) is 0 Å². The molecule has 0 amide bonds. The highest BCUT2D eigenvalue weighted by Gasteiger charge is 2.25. The number of carbonyl (C=O) groups is 1. The summed E-state index contributed by atoms with van der Waals surface area (Å²) in [7, 11) is 0. The zero-order valence-corrected chi connectivity index (χ0v) is 21.4. The van der Waals surface area contributed by atoms with Gasteiger partial charge in [0.15, 0.2) is 0 Å². The molecule has 1 aliphatic rings. The van der Waals surface area contributed by atoms with Gasteiger partial charge >= 0.3 is 5.97 Å². The minimum Gasteiger partial charge on any atom is -0.466 e. The van der Waals surface area contributed by atoms with Crippen molar-refractivity contribution in [3.8, 4) is 0 Å². The third-order valence-corrected chi connectivity index (χ3v) is 7.14. The van der Waals surface area contributed by atoms with Gasteiger partial charge in [0.25, 0.3) is 0 Å². The Balaban J connectivity index is 1.31. The van der Waals surface area contributed by atoms with E-state index in [0.29, 0.717) is 12.5 Å². The molecule has 0 aliphatic carbocycles.